The molecule has 0 aliphatic rings. The van der Waals surface area contributed by atoms with Crippen LogP contribution >= 0.6 is 0 Å². The van der Waals surface area contributed by atoms with Gasteiger partial charge in [-0.05, 0) is 31.9 Å². The van der Waals surface area contributed by atoms with Gasteiger partial charge in [-0.3, -0.25) is 4.79 Å². The monoisotopic (exact) mass is 247 g/mol. The molecule has 0 heterocycles. The molecule has 4 nitrogen and oxygen atoms in total. The van der Waals surface area contributed by atoms with Crippen molar-refractivity contribution in [3.05, 3.63) is 46.5 Å². The Morgan fingerprint density at radius 1 is 1.17 bits per heavy atom. The fraction of sp³-hybridized carbons (Fsp3) is 0.286. The average Bonchev–Trinajstić information content (AvgIpc) is 2.35. The summed E-state index contributed by atoms with van der Waals surface area (Å²) in [7, 11) is 0. The Balaban J connectivity index is 2.71. The molecule has 0 radical (unpaired) electrons. The van der Waals surface area contributed by atoms with E-state index in [9.17, 15) is 9.59 Å². The first kappa shape index (κ1) is 14.0. The lowest BCUT2D eigenvalue weighted by atomic mass is 10.1. The minimum atomic E-state index is -1.07. The van der Waals surface area contributed by atoms with Crippen LogP contribution < -0.4 is 5.32 Å². The van der Waals surface area contributed by atoms with Crippen LogP contribution in [0.15, 0.2) is 35.4 Å². The number of carbonyl (C=O) groups excluding carboxylic acids is 1. The van der Waals surface area contributed by atoms with E-state index in [2.05, 4.69) is 5.32 Å². The predicted octanol–water partition coefficient (Wildman–Crippen LogP) is 2.03. The number of benzene rings is 1. The number of hydrogen-bond acceptors (Lipinski definition) is 2. The molecular formula is C14H17NO3. The fourth-order valence-corrected chi connectivity index (χ4v) is 1.45. The second kappa shape index (κ2) is 6.00. The largest absolute Gasteiger partial charge is 0.478 e. The predicted molar refractivity (Wildman–Crippen MR) is 69.0 cm³/mol. The highest BCUT2D eigenvalue weighted by molar-refractivity contribution is 6.01. The number of carboxylic acids is 1. The van der Waals surface area contributed by atoms with E-state index in [1.54, 1.807) is 0 Å². The normalized spacial score (nSPS) is 11.7. The summed E-state index contributed by atoms with van der Waals surface area (Å²) in [6, 6.07) is 7.73. The Hall–Kier alpha value is -2.10. The first-order valence-electron chi connectivity index (χ1n) is 5.67. The van der Waals surface area contributed by atoms with E-state index in [4.69, 9.17) is 5.11 Å². The summed E-state index contributed by atoms with van der Waals surface area (Å²) in [5, 5.41) is 11.5. The second-order valence-corrected chi connectivity index (χ2v) is 4.16. The third kappa shape index (κ3) is 3.45. The smallest absolute Gasteiger partial charge is 0.331 e. The van der Waals surface area contributed by atoms with E-state index in [0.717, 1.165) is 11.1 Å². The Kier molecular flexibility index (Phi) is 4.66. The lowest BCUT2D eigenvalue weighted by Gasteiger charge is -2.09. The van der Waals surface area contributed by atoms with Crippen molar-refractivity contribution in [3.8, 4) is 0 Å². The summed E-state index contributed by atoms with van der Waals surface area (Å²) in [6.07, 6.45) is 0. The highest BCUT2D eigenvalue weighted by atomic mass is 16.4. The highest BCUT2D eigenvalue weighted by Gasteiger charge is 2.12. The van der Waals surface area contributed by atoms with Crippen LogP contribution in [0.5, 0.6) is 0 Å². The van der Waals surface area contributed by atoms with Gasteiger partial charge in [0, 0.05) is 17.7 Å². The van der Waals surface area contributed by atoms with E-state index < -0.39 is 5.97 Å². The van der Waals surface area contributed by atoms with Crippen LogP contribution in [0.4, 0.5) is 0 Å². The summed E-state index contributed by atoms with van der Waals surface area (Å²) in [5.74, 6) is -1.42. The zero-order chi connectivity index (χ0) is 13.7. The van der Waals surface area contributed by atoms with Crippen molar-refractivity contribution in [1.82, 2.24) is 5.32 Å². The molecule has 1 amide bonds. The van der Waals surface area contributed by atoms with Gasteiger partial charge in [0.05, 0.1) is 0 Å². The topological polar surface area (TPSA) is 66.4 Å². The number of nitrogens with one attached hydrogen (secondary N) is 1. The van der Waals surface area contributed by atoms with Gasteiger partial charge in [0.1, 0.15) is 0 Å². The minimum Gasteiger partial charge on any atom is -0.478 e. The van der Waals surface area contributed by atoms with Crippen molar-refractivity contribution >= 4 is 11.9 Å². The van der Waals surface area contributed by atoms with E-state index in [0.29, 0.717) is 6.54 Å². The Morgan fingerprint density at radius 3 is 2.33 bits per heavy atom. The molecule has 0 bridgehead atoms. The maximum absolute atomic E-state index is 11.7. The Morgan fingerprint density at radius 2 is 1.78 bits per heavy atom. The van der Waals surface area contributed by atoms with E-state index in [-0.39, 0.29) is 17.1 Å². The van der Waals surface area contributed by atoms with Gasteiger partial charge in [0.25, 0.3) is 0 Å². The maximum Gasteiger partial charge on any atom is 0.331 e. The van der Waals surface area contributed by atoms with Crippen molar-refractivity contribution in [2.24, 2.45) is 0 Å². The van der Waals surface area contributed by atoms with Crippen molar-refractivity contribution in [2.75, 3.05) is 0 Å². The molecule has 0 fully saturated rings. The van der Waals surface area contributed by atoms with Crippen LogP contribution in [0.2, 0.25) is 0 Å². The molecule has 2 N–H and O–H groups in total. The zero-order valence-electron chi connectivity index (χ0n) is 10.8. The molecule has 96 valence electrons. The molecule has 0 saturated carbocycles. The molecule has 1 aromatic carbocycles. The number of carbonyl (C=O) groups is 2. The lowest BCUT2D eigenvalue weighted by molar-refractivity contribution is -0.133. The van der Waals surface area contributed by atoms with Crippen LogP contribution in [0, 0.1) is 6.92 Å². The Labute approximate surface area is 106 Å². The first-order valence-corrected chi connectivity index (χ1v) is 5.67. The highest BCUT2D eigenvalue weighted by Crippen LogP contribution is 2.08. The average molecular weight is 247 g/mol. The van der Waals surface area contributed by atoms with Gasteiger partial charge < -0.3 is 10.4 Å². The molecule has 0 unspecified atom stereocenters. The molecule has 0 saturated heterocycles. The quantitative estimate of drug-likeness (QED) is 0.800. The van der Waals surface area contributed by atoms with E-state index in [1.165, 1.54) is 13.8 Å². The number of aryl methyl sites for hydroxylation is 1. The molecule has 1 aromatic rings. The molecule has 18 heavy (non-hydrogen) atoms. The fourth-order valence-electron chi connectivity index (χ4n) is 1.45. The first-order chi connectivity index (χ1) is 8.43. The second-order valence-electron chi connectivity index (χ2n) is 4.16. The van der Waals surface area contributed by atoms with E-state index in [1.807, 2.05) is 31.2 Å². The van der Waals surface area contributed by atoms with Crippen LogP contribution in [-0.2, 0) is 16.1 Å². The van der Waals surface area contributed by atoms with Crippen molar-refractivity contribution in [2.45, 2.75) is 27.3 Å². The van der Waals surface area contributed by atoms with Crippen LogP contribution in [-0.4, -0.2) is 17.0 Å². The van der Waals surface area contributed by atoms with Gasteiger partial charge in [-0.1, -0.05) is 24.3 Å². The van der Waals surface area contributed by atoms with E-state index >= 15 is 0 Å². The van der Waals surface area contributed by atoms with Crippen LogP contribution in [0.1, 0.15) is 25.0 Å². The molecule has 0 aromatic heterocycles. The van der Waals surface area contributed by atoms with Gasteiger partial charge in [0.2, 0.25) is 5.91 Å². The summed E-state index contributed by atoms with van der Waals surface area (Å²) in [4.78, 5) is 22.5. The molecule has 0 atom stereocenters. The Bertz CT molecular complexity index is 504. The summed E-state index contributed by atoms with van der Waals surface area (Å²) in [5.41, 5.74) is 2.41. The zero-order valence-corrected chi connectivity index (χ0v) is 10.8. The van der Waals surface area contributed by atoms with Crippen LogP contribution in [0.3, 0.4) is 0 Å². The standard InChI is InChI=1S/C14H17NO3/c1-9-6-4-5-7-12(9)8-15-13(16)10(2)11(3)14(17)18/h4-7H,8H2,1-3H3,(H,15,16)(H,17,18). The number of aliphatic carboxylic acids is 1. The van der Waals surface area contributed by atoms with Crippen molar-refractivity contribution in [3.63, 3.8) is 0 Å². The lowest BCUT2D eigenvalue weighted by Crippen LogP contribution is -2.25. The SMILES string of the molecule is CC(C(=O)O)=C(C)C(=O)NCc1ccccc1C. The number of carboxylic acid groups (broad SMARTS) is 1. The molecular weight excluding hydrogens is 230 g/mol. The number of rotatable bonds is 4. The third-order valence-corrected chi connectivity index (χ3v) is 2.92. The van der Waals surface area contributed by atoms with Crippen LogP contribution in [0.25, 0.3) is 0 Å². The summed E-state index contributed by atoms with van der Waals surface area (Å²) < 4.78 is 0. The maximum atomic E-state index is 11.7. The molecule has 0 aliphatic carbocycles. The summed E-state index contributed by atoms with van der Waals surface area (Å²) >= 11 is 0. The number of hydrogen-bond donors (Lipinski definition) is 2. The van der Waals surface area contributed by atoms with Gasteiger partial charge in [-0.25, -0.2) is 4.79 Å². The molecule has 1 rings (SSSR count). The van der Waals surface area contributed by atoms with Gasteiger partial charge >= 0.3 is 5.97 Å². The van der Waals surface area contributed by atoms with Gasteiger partial charge in [0.15, 0.2) is 0 Å². The van der Waals surface area contributed by atoms with Gasteiger partial charge in [-0.15, -0.1) is 0 Å². The molecule has 0 spiro atoms. The third-order valence-electron chi connectivity index (χ3n) is 2.92. The van der Waals surface area contributed by atoms with Crippen molar-refractivity contribution in [1.29, 1.82) is 0 Å². The molecule has 4 heteroatoms. The molecule has 0 aliphatic heterocycles. The van der Waals surface area contributed by atoms with Gasteiger partial charge in [-0.2, -0.15) is 0 Å². The minimum absolute atomic E-state index is 0.0669. The van der Waals surface area contributed by atoms with Crippen molar-refractivity contribution < 1.29 is 14.7 Å². The summed E-state index contributed by atoms with van der Waals surface area (Å²) in [6.45, 7) is 5.30. The number of amides is 1.